The van der Waals surface area contributed by atoms with Gasteiger partial charge in [0.2, 0.25) is 0 Å². The summed E-state index contributed by atoms with van der Waals surface area (Å²) in [5.41, 5.74) is 7.05. The molecule has 1 aromatic rings. The predicted molar refractivity (Wildman–Crippen MR) is 66.7 cm³/mol. The molecule has 0 spiro atoms. The second-order valence-corrected chi connectivity index (χ2v) is 5.34. The topological polar surface area (TPSA) is 35.2 Å². The third-order valence-corrected chi connectivity index (χ3v) is 3.64. The fourth-order valence-corrected chi connectivity index (χ4v) is 2.74. The zero-order chi connectivity index (χ0) is 12.6. The first kappa shape index (κ1) is 12.4. The van der Waals surface area contributed by atoms with Crippen molar-refractivity contribution in [2.24, 2.45) is 11.7 Å². The molecule has 0 radical (unpaired) electrons. The SMILES string of the molecule is COc1ccc(F)cc1C(C(C)C)C1(N)CC1. The molecule has 1 unspecified atom stereocenters. The first-order chi connectivity index (χ1) is 7.98. The van der Waals surface area contributed by atoms with E-state index in [4.69, 9.17) is 10.5 Å². The molecule has 1 fully saturated rings. The summed E-state index contributed by atoms with van der Waals surface area (Å²) in [6, 6.07) is 4.68. The van der Waals surface area contributed by atoms with Crippen molar-refractivity contribution in [2.75, 3.05) is 7.11 Å². The molecule has 1 aliphatic rings. The summed E-state index contributed by atoms with van der Waals surface area (Å²) in [4.78, 5) is 0. The number of benzene rings is 1. The van der Waals surface area contributed by atoms with Crippen LogP contribution in [-0.4, -0.2) is 12.6 Å². The van der Waals surface area contributed by atoms with Gasteiger partial charge in [-0.3, -0.25) is 0 Å². The molecule has 0 heterocycles. The summed E-state index contributed by atoms with van der Waals surface area (Å²) < 4.78 is 18.8. The van der Waals surface area contributed by atoms with Crippen LogP contribution in [0.2, 0.25) is 0 Å². The summed E-state index contributed by atoms with van der Waals surface area (Å²) in [7, 11) is 1.62. The molecular formula is C14H20FNO. The van der Waals surface area contributed by atoms with Crippen LogP contribution in [0.5, 0.6) is 5.75 Å². The molecule has 2 N–H and O–H groups in total. The van der Waals surface area contributed by atoms with Crippen LogP contribution in [0, 0.1) is 11.7 Å². The Bertz CT molecular complexity index is 413. The number of hydrogen-bond donors (Lipinski definition) is 1. The summed E-state index contributed by atoms with van der Waals surface area (Å²) in [6.07, 6.45) is 2.02. The van der Waals surface area contributed by atoms with Gasteiger partial charge in [0.25, 0.3) is 0 Å². The maximum atomic E-state index is 13.4. The van der Waals surface area contributed by atoms with E-state index in [1.807, 2.05) is 0 Å². The first-order valence-corrected chi connectivity index (χ1v) is 6.10. The smallest absolute Gasteiger partial charge is 0.123 e. The highest BCUT2D eigenvalue weighted by molar-refractivity contribution is 5.40. The van der Waals surface area contributed by atoms with E-state index in [9.17, 15) is 4.39 Å². The Morgan fingerprint density at radius 1 is 1.35 bits per heavy atom. The van der Waals surface area contributed by atoms with Crippen molar-refractivity contribution in [2.45, 2.75) is 38.1 Å². The maximum Gasteiger partial charge on any atom is 0.123 e. The Morgan fingerprint density at radius 3 is 2.47 bits per heavy atom. The second kappa shape index (κ2) is 4.30. The third kappa shape index (κ3) is 2.29. The molecule has 1 aliphatic carbocycles. The van der Waals surface area contributed by atoms with E-state index in [1.54, 1.807) is 19.2 Å². The third-order valence-electron chi connectivity index (χ3n) is 3.64. The van der Waals surface area contributed by atoms with Gasteiger partial charge in [-0.2, -0.15) is 0 Å². The van der Waals surface area contributed by atoms with Crippen molar-refractivity contribution >= 4 is 0 Å². The average Bonchev–Trinajstić information content (AvgIpc) is 2.97. The molecule has 0 saturated heterocycles. The van der Waals surface area contributed by atoms with Gasteiger partial charge in [-0.15, -0.1) is 0 Å². The zero-order valence-electron chi connectivity index (χ0n) is 10.7. The number of hydrogen-bond acceptors (Lipinski definition) is 2. The minimum Gasteiger partial charge on any atom is -0.496 e. The van der Waals surface area contributed by atoms with Crippen molar-refractivity contribution in [1.82, 2.24) is 0 Å². The number of rotatable bonds is 4. The molecular weight excluding hydrogens is 217 g/mol. The van der Waals surface area contributed by atoms with Crippen LogP contribution in [0.15, 0.2) is 18.2 Å². The minimum atomic E-state index is -0.226. The molecule has 2 rings (SSSR count). The van der Waals surface area contributed by atoms with Gasteiger partial charge in [-0.1, -0.05) is 13.8 Å². The van der Waals surface area contributed by atoms with Gasteiger partial charge in [0.05, 0.1) is 7.11 Å². The van der Waals surface area contributed by atoms with E-state index in [0.29, 0.717) is 5.92 Å². The van der Waals surface area contributed by atoms with Crippen LogP contribution in [0.25, 0.3) is 0 Å². The van der Waals surface area contributed by atoms with Gasteiger partial charge >= 0.3 is 0 Å². The fraction of sp³-hybridized carbons (Fsp3) is 0.571. The summed E-state index contributed by atoms with van der Waals surface area (Å²) in [6.45, 7) is 4.25. The quantitative estimate of drug-likeness (QED) is 0.873. The van der Waals surface area contributed by atoms with E-state index in [1.165, 1.54) is 6.07 Å². The van der Waals surface area contributed by atoms with E-state index in [0.717, 1.165) is 24.2 Å². The summed E-state index contributed by atoms with van der Waals surface area (Å²) in [5.74, 6) is 1.05. The Hall–Kier alpha value is -1.09. The molecule has 1 saturated carbocycles. The normalized spacial score (nSPS) is 19.2. The standard InChI is InChI=1S/C14H20FNO/c1-9(2)13(14(16)6-7-14)11-8-10(15)4-5-12(11)17-3/h4-5,8-9,13H,6-7,16H2,1-3H3. The molecule has 2 nitrogen and oxygen atoms in total. The molecule has 0 aromatic heterocycles. The Balaban J connectivity index is 2.45. The molecule has 1 aromatic carbocycles. The van der Waals surface area contributed by atoms with E-state index in [2.05, 4.69) is 13.8 Å². The Morgan fingerprint density at radius 2 is 2.00 bits per heavy atom. The van der Waals surface area contributed by atoms with Crippen LogP contribution >= 0.6 is 0 Å². The number of ether oxygens (including phenoxy) is 1. The lowest BCUT2D eigenvalue weighted by molar-refractivity contribution is 0.363. The van der Waals surface area contributed by atoms with Crippen LogP contribution < -0.4 is 10.5 Å². The summed E-state index contributed by atoms with van der Waals surface area (Å²) >= 11 is 0. The van der Waals surface area contributed by atoms with Gasteiger partial charge in [-0.25, -0.2) is 4.39 Å². The maximum absolute atomic E-state index is 13.4. The lowest BCUT2D eigenvalue weighted by Crippen LogP contribution is -2.34. The monoisotopic (exact) mass is 237 g/mol. The molecule has 0 bridgehead atoms. The Kier molecular flexibility index (Phi) is 3.13. The van der Waals surface area contributed by atoms with Gasteiger partial charge in [0.15, 0.2) is 0 Å². The van der Waals surface area contributed by atoms with Gasteiger partial charge < -0.3 is 10.5 Å². The lowest BCUT2D eigenvalue weighted by atomic mass is 9.80. The van der Waals surface area contributed by atoms with Crippen LogP contribution in [0.4, 0.5) is 4.39 Å². The van der Waals surface area contributed by atoms with Crippen molar-refractivity contribution in [3.8, 4) is 5.75 Å². The molecule has 1 atom stereocenters. The van der Waals surface area contributed by atoms with Crippen LogP contribution in [-0.2, 0) is 0 Å². The highest BCUT2D eigenvalue weighted by Gasteiger charge is 2.48. The van der Waals surface area contributed by atoms with E-state index >= 15 is 0 Å². The molecule has 3 heteroatoms. The van der Waals surface area contributed by atoms with Gasteiger partial charge in [0, 0.05) is 17.0 Å². The highest BCUT2D eigenvalue weighted by atomic mass is 19.1. The highest BCUT2D eigenvalue weighted by Crippen LogP contribution is 2.50. The predicted octanol–water partition coefficient (Wildman–Crippen LogP) is 3.07. The average molecular weight is 237 g/mol. The van der Waals surface area contributed by atoms with Crippen molar-refractivity contribution < 1.29 is 9.13 Å². The number of methoxy groups -OCH3 is 1. The molecule has 94 valence electrons. The number of halogens is 1. The Labute approximate surface area is 102 Å². The van der Waals surface area contributed by atoms with Crippen molar-refractivity contribution in [3.63, 3.8) is 0 Å². The minimum absolute atomic E-state index is 0.160. The molecule has 0 aliphatic heterocycles. The first-order valence-electron chi connectivity index (χ1n) is 6.10. The summed E-state index contributed by atoms with van der Waals surface area (Å²) in [5, 5.41) is 0. The van der Waals surface area contributed by atoms with Crippen molar-refractivity contribution in [3.05, 3.63) is 29.6 Å². The van der Waals surface area contributed by atoms with E-state index < -0.39 is 0 Å². The zero-order valence-corrected chi connectivity index (χ0v) is 10.7. The number of nitrogens with two attached hydrogens (primary N) is 1. The molecule has 17 heavy (non-hydrogen) atoms. The van der Waals surface area contributed by atoms with Crippen LogP contribution in [0.1, 0.15) is 38.2 Å². The van der Waals surface area contributed by atoms with Crippen molar-refractivity contribution in [1.29, 1.82) is 0 Å². The fourth-order valence-electron chi connectivity index (χ4n) is 2.74. The van der Waals surface area contributed by atoms with Crippen LogP contribution in [0.3, 0.4) is 0 Å². The van der Waals surface area contributed by atoms with Gasteiger partial charge in [-0.05, 0) is 37.0 Å². The molecule has 0 amide bonds. The largest absolute Gasteiger partial charge is 0.496 e. The second-order valence-electron chi connectivity index (χ2n) is 5.34. The van der Waals surface area contributed by atoms with Gasteiger partial charge in [0.1, 0.15) is 11.6 Å². The lowest BCUT2D eigenvalue weighted by Gasteiger charge is -2.29. The van der Waals surface area contributed by atoms with E-state index in [-0.39, 0.29) is 17.3 Å².